The van der Waals surface area contributed by atoms with Crippen LogP contribution in [0.15, 0.2) is 49.1 Å². The van der Waals surface area contributed by atoms with Gasteiger partial charge in [-0.2, -0.15) is 13.2 Å². The first-order valence-electron chi connectivity index (χ1n) is 5.33. The zero-order valence-electron chi connectivity index (χ0n) is 10.5. The molecule has 1 aromatic rings. The maximum atomic E-state index is 11.4. The van der Waals surface area contributed by atoms with Crippen LogP contribution < -0.4 is 0 Å². The Labute approximate surface area is 110 Å². The summed E-state index contributed by atoms with van der Waals surface area (Å²) in [6.45, 7) is 6.46. The third kappa shape index (κ3) is 9.64. The molecule has 2 nitrogen and oxygen atoms in total. The summed E-state index contributed by atoms with van der Waals surface area (Å²) in [6, 6.07) is 10.0. The quantitative estimate of drug-likeness (QED) is 0.614. The van der Waals surface area contributed by atoms with Crippen molar-refractivity contribution in [3.63, 3.8) is 0 Å². The molecule has 0 saturated carbocycles. The average molecular weight is 272 g/mol. The Morgan fingerprint density at radius 1 is 1.32 bits per heavy atom. The molecular weight excluding hydrogens is 257 g/mol. The Kier molecular flexibility index (Phi) is 7.26. The highest BCUT2D eigenvalue weighted by atomic mass is 19.4. The summed E-state index contributed by atoms with van der Waals surface area (Å²) < 4.78 is 37.9. The van der Waals surface area contributed by atoms with Gasteiger partial charge in [0.1, 0.15) is 0 Å². The van der Waals surface area contributed by atoms with Gasteiger partial charge in [0.05, 0.1) is 0 Å². The van der Waals surface area contributed by atoms with E-state index < -0.39 is 18.8 Å². The molecule has 0 heterocycles. The normalized spacial score (nSPS) is 9.89. The van der Waals surface area contributed by atoms with Crippen LogP contribution in [0.4, 0.5) is 13.2 Å². The van der Waals surface area contributed by atoms with Crippen LogP contribution in [0, 0.1) is 0 Å². The lowest BCUT2D eigenvalue weighted by Gasteiger charge is -2.06. The summed E-state index contributed by atoms with van der Waals surface area (Å²) in [6.07, 6.45) is -2.63. The standard InChI is InChI=1S/C8H8.C6H7F3O2/c1-2-8-6-4-3-5-7-8;1-4(2)5(10)11-3-6(7,8)9/h2-7H,1H2;1,3H2,2H3. The second kappa shape index (κ2) is 8.13. The fourth-order valence-electron chi connectivity index (χ4n) is 0.860. The molecule has 0 spiro atoms. The Morgan fingerprint density at radius 2 is 1.84 bits per heavy atom. The van der Waals surface area contributed by atoms with Gasteiger partial charge in [-0.25, -0.2) is 4.79 Å². The molecule has 0 aliphatic rings. The van der Waals surface area contributed by atoms with E-state index in [1.165, 1.54) is 12.5 Å². The van der Waals surface area contributed by atoms with Gasteiger partial charge in [-0.3, -0.25) is 0 Å². The Bertz CT molecular complexity index is 422. The molecule has 0 aliphatic carbocycles. The average Bonchev–Trinajstić information content (AvgIpc) is 2.36. The molecular formula is C14H15F3O2. The third-order valence-corrected chi connectivity index (χ3v) is 1.75. The minimum Gasteiger partial charge on any atom is -0.453 e. The van der Waals surface area contributed by atoms with E-state index in [-0.39, 0.29) is 5.57 Å². The second-order valence-corrected chi connectivity index (χ2v) is 3.59. The fourth-order valence-corrected chi connectivity index (χ4v) is 0.860. The predicted octanol–water partition coefficient (Wildman–Crippen LogP) is 4.00. The largest absolute Gasteiger partial charge is 0.453 e. The van der Waals surface area contributed by atoms with E-state index in [9.17, 15) is 18.0 Å². The zero-order chi connectivity index (χ0) is 14.9. The summed E-state index contributed by atoms with van der Waals surface area (Å²) >= 11 is 0. The zero-order valence-corrected chi connectivity index (χ0v) is 10.5. The van der Waals surface area contributed by atoms with E-state index in [2.05, 4.69) is 17.9 Å². The van der Waals surface area contributed by atoms with Crippen molar-refractivity contribution in [2.75, 3.05) is 6.61 Å². The van der Waals surface area contributed by atoms with Crippen molar-refractivity contribution in [2.24, 2.45) is 0 Å². The van der Waals surface area contributed by atoms with Crippen LogP contribution in [0.1, 0.15) is 12.5 Å². The molecule has 0 fully saturated rings. The minimum atomic E-state index is -4.47. The van der Waals surface area contributed by atoms with E-state index in [4.69, 9.17) is 0 Å². The molecule has 104 valence electrons. The molecule has 5 heteroatoms. The van der Waals surface area contributed by atoms with Gasteiger partial charge in [0.25, 0.3) is 0 Å². The Morgan fingerprint density at radius 3 is 2.16 bits per heavy atom. The van der Waals surface area contributed by atoms with Gasteiger partial charge in [0.2, 0.25) is 0 Å². The van der Waals surface area contributed by atoms with Crippen LogP contribution in [0.25, 0.3) is 6.08 Å². The van der Waals surface area contributed by atoms with Gasteiger partial charge in [-0.15, -0.1) is 0 Å². The topological polar surface area (TPSA) is 26.3 Å². The number of carbonyl (C=O) groups excluding carboxylic acids is 1. The SMILES string of the molecule is C=C(C)C(=O)OCC(F)(F)F.C=Cc1ccccc1. The van der Waals surface area contributed by atoms with Crippen molar-refractivity contribution < 1.29 is 22.7 Å². The first-order chi connectivity index (χ1) is 8.76. The minimum absolute atomic E-state index is 0.0470. The van der Waals surface area contributed by atoms with Gasteiger partial charge in [0.15, 0.2) is 6.61 Å². The van der Waals surface area contributed by atoms with E-state index in [0.29, 0.717) is 0 Å². The van der Waals surface area contributed by atoms with Crippen molar-refractivity contribution in [1.29, 1.82) is 0 Å². The van der Waals surface area contributed by atoms with Crippen molar-refractivity contribution >= 4 is 12.0 Å². The summed E-state index contributed by atoms with van der Waals surface area (Å²) in [7, 11) is 0. The van der Waals surface area contributed by atoms with Gasteiger partial charge in [-0.1, -0.05) is 49.6 Å². The molecule has 19 heavy (non-hydrogen) atoms. The summed E-state index contributed by atoms with van der Waals surface area (Å²) in [4.78, 5) is 10.4. The summed E-state index contributed by atoms with van der Waals surface area (Å²) in [5, 5.41) is 0. The fraction of sp³-hybridized carbons (Fsp3) is 0.214. The van der Waals surface area contributed by atoms with Crippen LogP contribution in [-0.2, 0) is 9.53 Å². The molecule has 0 bridgehead atoms. The highest BCUT2D eigenvalue weighted by molar-refractivity contribution is 5.86. The van der Waals surface area contributed by atoms with Crippen LogP contribution in [0.2, 0.25) is 0 Å². The molecule has 1 rings (SSSR count). The number of hydrogen-bond donors (Lipinski definition) is 0. The molecule has 0 saturated heterocycles. The molecule has 0 atom stereocenters. The van der Waals surface area contributed by atoms with Crippen molar-refractivity contribution in [2.45, 2.75) is 13.1 Å². The number of esters is 1. The third-order valence-electron chi connectivity index (χ3n) is 1.75. The van der Waals surface area contributed by atoms with E-state index >= 15 is 0 Å². The highest BCUT2D eigenvalue weighted by Gasteiger charge is 2.29. The van der Waals surface area contributed by atoms with Crippen molar-refractivity contribution in [1.82, 2.24) is 0 Å². The molecule has 0 radical (unpaired) electrons. The smallest absolute Gasteiger partial charge is 0.422 e. The van der Waals surface area contributed by atoms with Gasteiger partial charge < -0.3 is 4.74 Å². The van der Waals surface area contributed by atoms with Gasteiger partial charge in [0, 0.05) is 5.57 Å². The number of hydrogen-bond acceptors (Lipinski definition) is 2. The Balaban J connectivity index is 0.000000356. The van der Waals surface area contributed by atoms with Crippen molar-refractivity contribution in [3.05, 3.63) is 54.6 Å². The lowest BCUT2D eigenvalue weighted by Crippen LogP contribution is -2.20. The summed E-state index contributed by atoms with van der Waals surface area (Å²) in [5.74, 6) is -1.03. The van der Waals surface area contributed by atoms with Gasteiger partial charge >= 0.3 is 12.1 Å². The molecule has 0 aromatic heterocycles. The number of benzene rings is 1. The maximum Gasteiger partial charge on any atom is 0.422 e. The highest BCUT2D eigenvalue weighted by Crippen LogP contribution is 2.14. The van der Waals surface area contributed by atoms with Crippen LogP contribution in [-0.4, -0.2) is 18.8 Å². The molecule has 0 unspecified atom stereocenters. The van der Waals surface area contributed by atoms with Gasteiger partial charge in [-0.05, 0) is 12.5 Å². The van der Waals surface area contributed by atoms with E-state index in [0.717, 1.165) is 0 Å². The van der Waals surface area contributed by atoms with Crippen molar-refractivity contribution in [3.8, 4) is 0 Å². The first-order valence-corrected chi connectivity index (χ1v) is 5.33. The van der Waals surface area contributed by atoms with Crippen LogP contribution >= 0.6 is 0 Å². The van der Waals surface area contributed by atoms with Crippen LogP contribution in [0.5, 0.6) is 0 Å². The Hall–Kier alpha value is -2.04. The summed E-state index contributed by atoms with van der Waals surface area (Å²) in [5.41, 5.74) is 1.13. The molecule has 0 N–H and O–H groups in total. The second-order valence-electron chi connectivity index (χ2n) is 3.59. The number of halogens is 3. The van der Waals surface area contributed by atoms with Crippen LogP contribution in [0.3, 0.4) is 0 Å². The lowest BCUT2D eigenvalue weighted by molar-refractivity contribution is -0.183. The van der Waals surface area contributed by atoms with E-state index in [1.54, 1.807) is 0 Å². The first kappa shape index (κ1) is 17.0. The van der Waals surface area contributed by atoms with E-state index in [1.807, 2.05) is 36.4 Å². The predicted molar refractivity (Wildman–Crippen MR) is 68.4 cm³/mol. The number of alkyl halides is 3. The maximum absolute atomic E-state index is 11.4. The molecule has 0 amide bonds. The monoisotopic (exact) mass is 272 g/mol. The number of rotatable bonds is 3. The number of carbonyl (C=O) groups is 1. The lowest BCUT2D eigenvalue weighted by atomic mass is 10.2. The molecule has 1 aromatic carbocycles. The molecule has 0 aliphatic heterocycles. The number of ether oxygens (including phenoxy) is 1.